The molecule has 2 saturated heterocycles. The quantitative estimate of drug-likeness (QED) is 0.120. The Bertz CT molecular complexity index is 2070. The second-order valence-corrected chi connectivity index (χ2v) is 14.1. The van der Waals surface area contributed by atoms with Gasteiger partial charge in [-0.05, 0) is 65.4 Å². The lowest BCUT2D eigenvalue weighted by Crippen LogP contribution is -2.75. The minimum atomic E-state index is -4.82. The van der Waals surface area contributed by atoms with E-state index in [1.807, 2.05) is 91.0 Å². The highest BCUT2D eigenvalue weighted by atomic mass is 35.5. The normalized spacial score (nSPS) is 24.7. The van der Waals surface area contributed by atoms with Crippen molar-refractivity contribution < 1.29 is 51.5 Å². The van der Waals surface area contributed by atoms with Gasteiger partial charge in [0.25, 0.3) is 0 Å². The van der Waals surface area contributed by atoms with Crippen LogP contribution in [0.5, 0.6) is 5.75 Å². The number of hydrogen-bond acceptors (Lipinski definition) is 7. The summed E-state index contributed by atoms with van der Waals surface area (Å²) in [5.41, 5.74) is 0.361. The molecule has 0 saturated carbocycles. The average Bonchev–Trinajstić information content (AvgIpc) is 3.58. The molecule has 5 aromatic rings. The van der Waals surface area contributed by atoms with E-state index in [1.165, 1.54) is 24.3 Å². The van der Waals surface area contributed by atoms with Crippen LogP contribution in [0.25, 0.3) is 0 Å². The lowest BCUT2D eigenvalue weighted by molar-refractivity contribution is -0.369. The van der Waals surface area contributed by atoms with E-state index in [0.29, 0.717) is 21.7 Å². The zero-order chi connectivity index (χ0) is 38.7. The van der Waals surface area contributed by atoms with Crippen LogP contribution in [0.15, 0.2) is 133 Å². The number of ether oxygens (including phenoxy) is 6. The molecule has 0 aliphatic carbocycles. The average molecular weight is 775 g/mol. The van der Waals surface area contributed by atoms with Crippen LogP contribution in [-0.4, -0.2) is 47.5 Å². The zero-order valence-corrected chi connectivity index (χ0v) is 30.5. The highest BCUT2D eigenvalue weighted by molar-refractivity contribution is 6.31. The first kappa shape index (κ1) is 38.5. The molecule has 1 N–H and O–H groups in total. The van der Waals surface area contributed by atoms with Crippen LogP contribution < -0.4 is 4.74 Å². The van der Waals surface area contributed by atoms with Crippen molar-refractivity contribution in [2.45, 2.75) is 68.7 Å². The summed E-state index contributed by atoms with van der Waals surface area (Å²) >= 11 is 6.72. The minimum absolute atomic E-state index is 0.0389. The molecule has 55 heavy (non-hydrogen) atoms. The second kappa shape index (κ2) is 15.8. The molecule has 0 radical (unpaired) electrons. The van der Waals surface area contributed by atoms with Gasteiger partial charge in [0.1, 0.15) is 23.6 Å². The molecule has 2 heterocycles. The first-order valence-corrected chi connectivity index (χ1v) is 18.0. The van der Waals surface area contributed by atoms with E-state index < -0.39 is 48.1 Å². The second-order valence-electron chi connectivity index (χ2n) is 13.7. The lowest BCUT2D eigenvalue weighted by atomic mass is 9.73. The van der Waals surface area contributed by atoms with Gasteiger partial charge in [-0.25, -0.2) is 4.79 Å². The Labute approximate surface area is 321 Å². The van der Waals surface area contributed by atoms with Crippen LogP contribution in [0.4, 0.5) is 13.2 Å². The number of alkyl halides is 3. The maximum atomic E-state index is 13.6. The summed E-state index contributed by atoms with van der Waals surface area (Å²) in [4.78, 5) is 13.6. The van der Waals surface area contributed by atoms with E-state index in [-0.39, 0.29) is 32.0 Å². The number of benzene rings is 5. The molecule has 12 heteroatoms. The van der Waals surface area contributed by atoms with E-state index in [9.17, 15) is 23.1 Å². The van der Waals surface area contributed by atoms with Gasteiger partial charge in [-0.3, -0.25) is 0 Å². The molecule has 5 atom stereocenters. The Morgan fingerprint density at radius 3 is 1.85 bits per heavy atom. The number of halogens is 4. The molecule has 286 valence electrons. The fraction of sp³-hybridized carbons (Fsp3) is 0.279. The van der Waals surface area contributed by atoms with Gasteiger partial charge in [0.05, 0.1) is 26.4 Å². The molecule has 0 spiro atoms. The number of hydrogen-bond donors (Lipinski definition) is 1. The van der Waals surface area contributed by atoms with Crippen LogP contribution in [0, 0.1) is 0 Å². The topological polar surface area (TPSA) is 92.7 Å². The summed E-state index contributed by atoms with van der Waals surface area (Å²) < 4.78 is 76.1. The molecule has 0 amide bonds. The van der Waals surface area contributed by atoms with E-state index in [2.05, 4.69) is 4.74 Å². The Morgan fingerprint density at radius 1 is 0.764 bits per heavy atom. The number of rotatable bonds is 14. The Morgan fingerprint density at radius 2 is 1.31 bits per heavy atom. The Balaban J connectivity index is 1.32. The van der Waals surface area contributed by atoms with E-state index in [1.54, 1.807) is 25.1 Å². The van der Waals surface area contributed by atoms with Crippen molar-refractivity contribution >= 4 is 17.6 Å². The highest BCUT2D eigenvalue weighted by Gasteiger charge is 2.77. The largest absolute Gasteiger partial charge is 0.573 e. The first-order valence-electron chi connectivity index (χ1n) is 17.6. The predicted octanol–water partition coefficient (Wildman–Crippen LogP) is 9.01. The van der Waals surface area contributed by atoms with Gasteiger partial charge in [-0.2, -0.15) is 0 Å². The van der Waals surface area contributed by atoms with Crippen LogP contribution in [0.1, 0.15) is 40.3 Å². The number of carbonyl (C=O) groups is 1. The molecule has 0 aromatic heterocycles. The van der Waals surface area contributed by atoms with Crippen molar-refractivity contribution in [3.8, 4) is 5.75 Å². The lowest BCUT2D eigenvalue weighted by Gasteiger charge is -2.54. The third-order valence-electron chi connectivity index (χ3n) is 10.1. The van der Waals surface area contributed by atoms with Crippen LogP contribution in [0.3, 0.4) is 0 Å². The number of fused-ring (bicyclic) bond motifs is 2. The van der Waals surface area contributed by atoms with E-state index in [4.69, 9.17) is 35.3 Å². The molecule has 2 aliphatic rings. The summed E-state index contributed by atoms with van der Waals surface area (Å²) in [5.74, 6) is -3.50. The molecule has 2 fully saturated rings. The smallest absolute Gasteiger partial charge is 0.479 e. The van der Waals surface area contributed by atoms with Gasteiger partial charge in [-0.15, -0.1) is 13.2 Å². The van der Waals surface area contributed by atoms with Crippen molar-refractivity contribution in [2.75, 3.05) is 6.61 Å². The maximum absolute atomic E-state index is 13.6. The molecular weight excluding hydrogens is 737 g/mol. The molecule has 7 rings (SSSR count). The molecule has 8 nitrogen and oxygen atoms in total. The van der Waals surface area contributed by atoms with Gasteiger partial charge in [0, 0.05) is 10.6 Å². The van der Waals surface area contributed by atoms with Crippen LogP contribution >= 0.6 is 11.6 Å². The minimum Gasteiger partial charge on any atom is -0.479 e. The fourth-order valence-electron chi connectivity index (χ4n) is 7.18. The van der Waals surface area contributed by atoms with Crippen molar-refractivity contribution in [3.63, 3.8) is 0 Å². The summed E-state index contributed by atoms with van der Waals surface area (Å²) in [7, 11) is 0. The Kier molecular flexibility index (Phi) is 11.0. The molecule has 0 unspecified atom stereocenters. The Hall–Kier alpha value is -4.75. The van der Waals surface area contributed by atoms with Crippen molar-refractivity contribution in [2.24, 2.45) is 0 Å². The van der Waals surface area contributed by atoms with Crippen molar-refractivity contribution in [1.29, 1.82) is 0 Å². The summed E-state index contributed by atoms with van der Waals surface area (Å²) in [6, 6.07) is 38.9. The molecular formula is C43H38ClF3O8. The monoisotopic (exact) mass is 774 g/mol. The maximum Gasteiger partial charge on any atom is 0.573 e. The van der Waals surface area contributed by atoms with Gasteiger partial charge < -0.3 is 33.5 Å². The van der Waals surface area contributed by atoms with Crippen LogP contribution in [0.2, 0.25) is 5.02 Å². The van der Waals surface area contributed by atoms with Crippen molar-refractivity contribution in [1.82, 2.24) is 0 Å². The summed E-state index contributed by atoms with van der Waals surface area (Å²) in [5, 5.41) is 11.5. The van der Waals surface area contributed by atoms with Crippen LogP contribution in [-0.2, 0) is 60.5 Å². The SMILES string of the molecule is C[C@]1(OCc2ccccc2)[C@@H](OCc2ccccc2)[C@@H](OCc2ccccc2)[C@@]2(c3ccc(Cl)c(Cc4ccc(OC(F)(F)F)cc4)c3)OC[C@]1(C(=O)O)O2. The van der Waals surface area contributed by atoms with E-state index in [0.717, 1.165) is 16.7 Å². The van der Waals surface area contributed by atoms with Gasteiger partial charge >= 0.3 is 12.3 Å². The fourth-order valence-corrected chi connectivity index (χ4v) is 7.36. The third-order valence-corrected chi connectivity index (χ3v) is 10.5. The highest BCUT2D eigenvalue weighted by Crippen LogP contribution is 2.57. The standard InChI is InChI=1S/C43H38ClF3O8/c1-40(52-27-32-15-9-4-10-16-32)37(50-25-30-11-5-2-6-12-30)38(51-26-31-13-7-3-8-14-31)42(53-28-41(40,55-42)39(48)49)34-19-22-36(44)33(24-34)23-29-17-20-35(21-18-29)54-43(45,46)47/h2-22,24,37-38H,23,25-28H2,1H3,(H,48,49)/t37-,38+,40-,41+,42-/m0/s1. The van der Waals surface area contributed by atoms with Gasteiger partial charge in [0.2, 0.25) is 11.4 Å². The third kappa shape index (κ3) is 8.00. The number of carboxylic acid groups (broad SMARTS) is 1. The molecule has 2 aliphatic heterocycles. The predicted molar refractivity (Wildman–Crippen MR) is 196 cm³/mol. The van der Waals surface area contributed by atoms with Gasteiger partial charge in [0.15, 0.2) is 0 Å². The molecule has 5 aromatic carbocycles. The zero-order valence-electron chi connectivity index (χ0n) is 29.7. The number of aliphatic carboxylic acids is 1. The van der Waals surface area contributed by atoms with Gasteiger partial charge in [-0.1, -0.05) is 121 Å². The number of carboxylic acids is 1. The first-order chi connectivity index (χ1) is 26.4. The molecule has 2 bridgehead atoms. The summed E-state index contributed by atoms with van der Waals surface area (Å²) in [6.45, 7) is 1.47. The van der Waals surface area contributed by atoms with Crippen molar-refractivity contribution in [3.05, 3.63) is 172 Å². The summed E-state index contributed by atoms with van der Waals surface area (Å²) in [6.07, 6.45) is -6.82. The van der Waals surface area contributed by atoms with E-state index >= 15 is 0 Å².